The molecule has 2 saturated carbocycles. The zero-order chi connectivity index (χ0) is 21.8. The highest BCUT2D eigenvalue weighted by molar-refractivity contribution is 5.91. The van der Waals surface area contributed by atoms with Crippen LogP contribution in [0.15, 0.2) is 55.1 Å². The summed E-state index contributed by atoms with van der Waals surface area (Å²) in [6.07, 6.45) is 11.9. The first-order valence-corrected chi connectivity index (χ1v) is 11.7. The van der Waals surface area contributed by atoms with E-state index in [1.807, 2.05) is 31.2 Å². The zero-order valence-electron chi connectivity index (χ0n) is 18.5. The molecule has 0 bridgehead atoms. The molecule has 0 heterocycles. The Balaban J connectivity index is 1.38. The van der Waals surface area contributed by atoms with Crippen molar-refractivity contribution in [3.8, 4) is 5.75 Å². The molecular formula is C28H33FO2. The molecule has 4 unspecified atom stereocenters. The van der Waals surface area contributed by atoms with Crippen molar-refractivity contribution in [1.29, 1.82) is 0 Å². The molecule has 0 amide bonds. The number of hydrogen-bond acceptors (Lipinski definition) is 2. The number of benzene rings is 2. The third-order valence-corrected chi connectivity index (χ3v) is 7.42. The maximum atomic E-state index is 14.8. The Morgan fingerprint density at radius 3 is 2.55 bits per heavy atom. The summed E-state index contributed by atoms with van der Waals surface area (Å²) >= 11 is 0. The van der Waals surface area contributed by atoms with Gasteiger partial charge >= 0.3 is 5.97 Å². The van der Waals surface area contributed by atoms with Gasteiger partial charge in [0, 0.05) is 0 Å². The Hall–Kier alpha value is -2.42. The van der Waals surface area contributed by atoms with Crippen molar-refractivity contribution in [2.75, 3.05) is 0 Å². The van der Waals surface area contributed by atoms with Crippen LogP contribution in [0.1, 0.15) is 78.8 Å². The summed E-state index contributed by atoms with van der Waals surface area (Å²) in [4.78, 5) is 12.4. The molecule has 2 aliphatic carbocycles. The number of esters is 1. The van der Waals surface area contributed by atoms with Gasteiger partial charge in [-0.1, -0.05) is 36.3 Å². The van der Waals surface area contributed by atoms with Gasteiger partial charge in [0.05, 0.1) is 5.56 Å². The molecule has 0 saturated heterocycles. The van der Waals surface area contributed by atoms with Crippen molar-refractivity contribution in [3.63, 3.8) is 0 Å². The van der Waals surface area contributed by atoms with Crippen molar-refractivity contribution >= 4 is 5.97 Å². The Morgan fingerprint density at radius 1 is 1.06 bits per heavy atom. The van der Waals surface area contributed by atoms with Crippen molar-refractivity contribution < 1.29 is 13.9 Å². The van der Waals surface area contributed by atoms with Crippen molar-refractivity contribution in [2.45, 2.75) is 64.2 Å². The lowest BCUT2D eigenvalue weighted by atomic mass is 9.63. The van der Waals surface area contributed by atoms with Crippen LogP contribution in [0.2, 0.25) is 0 Å². The molecule has 2 aliphatic rings. The Morgan fingerprint density at radius 2 is 1.81 bits per heavy atom. The molecule has 4 rings (SSSR count). The average molecular weight is 421 g/mol. The summed E-state index contributed by atoms with van der Waals surface area (Å²) in [5, 5.41) is 0. The van der Waals surface area contributed by atoms with Crippen LogP contribution in [0.4, 0.5) is 4.39 Å². The van der Waals surface area contributed by atoms with Crippen LogP contribution in [0.5, 0.6) is 5.75 Å². The molecule has 164 valence electrons. The first-order valence-electron chi connectivity index (χ1n) is 11.7. The van der Waals surface area contributed by atoms with Gasteiger partial charge in [-0.05, 0) is 105 Å². The first-order chi connectivity index (χ1) is 15.0. The molecule has 2 aromatic carbocycles. The number of carbonyl (C=O) groups is 1. The van der Waals surface area contributed by atoms with E-state index in [-0.39, 0.29) is 5.56 Å². The Kier molecular flexibility index (Phi) is 6.89. The number of ether oxygens (including phenoxy) is 1. The minimum atomic E-state index is -0.644. The second-order valence-corrected chi connectivity index (χ2v) is 9.52. The third kappa shape index (κ3) is 5.26. The number of fused-ring (bicyclic) bond motifs is 1. The summed E-state index contributed by atoms with van der Waals surface area (Å²) < 4.78 is 20.2. The van der Waals surface area contributed by atoms with Gasteiger partial charge in [0.15, 0.2) is 0 Å². The average Bonchev–Trinajstić information content (AvgIpc) is 2.78. The van der Waals surface area contributed by atoms with Crippen molar-refractivity contribution in [1.82, 2.24) is 0 Å². The fraction of sp³-hybridized carbons (Fsp3) is 0.464. The number of halogens is 1. The topological polar surface area (TPSA) is 26.3 Å². The summed E-state index contributed by atoms with van der Waals surface area (Å²) in [6.45, 7) is 5.82. The van der Waals surface area contributed by atoms with Crippen LogP contribution in [-0.4, -0.2) is 5.97 Å². The minimum Gasteiger partial charge on any atom is -0.423 e. The number of allylic oxidation sites excluding steroid dienone is 1. The predicted octanol–water partition coefficient (Wildman–Crippen LogP) is 7.62. The third-order valence-electron chi connectivity index (χ3n) is 7.42. The van der Waals surface area contributed by atoms with E-state index in [0.717, 1.165) is 48.1 Å². The minimum absolute atomic E-state index is 0.000683. The molecule has 3 heteroatoms. The maximum Gasteiger partial charge on any atom is 0.346 e. The number of hydrogen-bond donors (Lipinski definition) is 0. The van der Waals surface area contributed by atoms with E-state index in [0.29, 0.717) is 11.7 Å². The van der Waals surface area contributed by atoms with Gasteiger partial charge in [0.25, 0.3) is 0 Å². The number of rotatable bonds is 6. The molecule has 0 N–H and O–H groups in total. The Labute approximate surface area is 185 Å². The van der Waals surface area contributed by atoms with Crippen LogP contribution in [-0.2, 0) is 0 Å². The fourth-order valence-corrected chi connectivity index (χ4v) is 5.62. The van der Waals surface area contributed by atoms with Gasteiger partial charge in [-0.2, -0.15) is 0 Å². The van der Waals surface area contributed by atoms with Gasteiger partial charge in [0.1, 0.15) is 11.6 Å². The van der Waals surface area contributed by atoms with Gasteiger partial charge in [-0.25, -0.2) is 9.18 Å². The second kappa shape index (κ2) is 9.80. The molecule has 2 aromatic rings. The van der Waals surface area contributed by atoms with E-state index in [4.69, 9.17) is 4.74 Å². The SMILES string of the molecule is C=CCCC1CCC2CC(c3ccc(C(=O)Oc4ccc(C)cc4)c(F)c3)CCC2C1. The molecular weight excluding hydrogens is 387 g/mol. The van der Waals surface area contributed by atoms with Gasteiger partial charge in [-0.3, -0.25) is 0 Å². The van der Waals surface area contributed by atoms with E-state index in [9.17, 15) is 9.18 Å². The predicted molar refractivity (Wildman–Crippen MR) is 123 cm³/mol. The highest BCUT2D eigenvalue weighted by Crippen LogP contribution is 2.48. The fourth-order valence-electron chi connectivity index (χ4n) is 5.62. The molecule has 0 aromatic heterocycles. The lowest BCUT2D eigenvalue weighted by molar-refractivity contribution is 0.0729. The normalized spacial score (nSPS) is 25.5. The van der Waals surface area contributed by atoms with E-state index in [2.05, 4.69) is 6.58 Å². The first kappa shape index (κ1) is 21.8. The van der Waals surface area contributed by atoms with Crippen molar-refractivity contribution in [3.05, 3.63) is 77.6 Å². The molecule has 2 fully saturated rings. The molecule has 4 atom stereocenters. The lowest BCUT2D eigenvalue weighted by Crippen LogP contribution is -2.30. The standard InChI is InChI=1S/C28H33FO2/c1-3-4-5-20-8-9-22-17-23(11-10-21(22)16-20)24-12-15-26(27(29)18-24)28(30)31-25-13-6-19(2)7-14-25/h3,6-7,12-15,18,20-23H,1,4-5,8-11,16-17H2,2H3. The molecule has 0 aliphatic heterocycles. The molecule has 0 spiro atoms. The Bertz CT molecular complexity index is 917. The van der Waals surface area contributed by atoms with Crippen LogP contribution < -0.4 is 4.74 Å². The quantitative estimate of drug-likeness (QED) is 0.273. The monoisotopic (exact) mass is 420 g/mol. The largest absolute Gasteiger partial charge is 0.423 e. The maximum absolute atomic E-state index is 14.8. The van der Waals surface area contributed by atoms with Crippen LogP contribution in [0.3, 0.4) is 0 Å². The summed E-state index contributed by atoms with van der Waals surface area (Å²) in [7, 11) is 0. The van der Waals surface area contributed by atoms with Crippen LogP contribution in [0, 0.1) is 30.5 Å². The smallest absolute Gasteiger partial charge is 0.346 e. The van der Waals surface area contributed by atoms with E-state index in [1.165, 1.54) is 32.1 Å². The highest BCUT2D eigenvalue weighted by atomic mass is 19.1. The summed E-state index contributed by atoms with van der Waals surface area (Å²) in [6, 6.07) is 12.3. The van der Waals surface area contributed by atoms with Crippen LogP contribution >= 0.6 is 0 Å². The van der Waals surface area contributed by atoms with E-state index >= 15 is 0 Å². The van der Waals surface area contributed by atoms with E-state index < -0.39 is 11.8 Å². The second-order valence-electron chi connectivity index (χ2n) is 9.52. The van der Waals surface area contributed by atoms with E-state index in [1.54, 1.807) is 24.3 Å². The molecule has 2 nitrogen and oxygen atoms in total. The van der Waals surface area contributed by atoms with Crippen LogP contribution in [0.25, 0.3) is 0 Å². The van der Waals surface area contributed by atoms with Gasteiger partial charge < -0.3 is 4.74 Å². The zero-order valence-corrected chi connectivity index (χ0v) is 18.5. The number of carbonyl (C=O) groups excluding carboxylic acids is 1. The summed E-state index contributed by atoms with van der Waals surface area (Å²) in [5.41, 5.74) is 2.10. The molecule has 31 heavy (non-hydrogen) atoms. The summed E-state index contributed by atoms with van der Waals surface area (Å²) in [5.74, 6) is 2.14. The lowest BCUT2D eigenvalue weighted by Gasteiger charge is -2.42. The van der Waals surface area contributed by atoms with Crippen molar-refractivity contribution in [2.24, 2.45) is 17.8 Å². The molecule has 0 radical (unpaired) electrons. The van der Waals surface area contributed by atoms with Gasteiger partial charge in [0.2, 0.25) is 0 Å². The number of aryl methyl sites for hydroxylation is 1. The highest BCUT2D eigenvalue weighted by Gasteiger charge is 2.36. The van der Waals surface area contributed by atoms with Gasteiger partial charge in [-0.15, -0.1) is 6.58 Å².